The van der Waals surface area contributed by atoms with Crippen LogP contribution in [0.4, 0.5) is 0 Å². The second-order valence-corrected chi connectivity index (χ2v) is 30.1. The minimum Gasteiger partial charge on any atom is -0.512 e. The number of benzene rings is 5. The lowest BCUT2D eigenvalue weighted by Crippen LogP contribution is -2.72. The number of amides is 7. The molecular formula is C78H91Cl2N9O26. The van der Waals surface area contributed by atoms with E-state index < -0.39 is 256 Å². The van der Waals surface area contributed by atoms with Crippen molar-refractivity contribution in [2.24, 2.45) is 11.7 Å². The van der Waals surface area contributed by atoms with Crippen LogP contribution >= 0.6 is 23.2 Å². The summed E-state index contributed by atoms with van der Waals surface area (Å²) < 4.78 is 39.0. The molecule has 1 unspecified atom stereocenters. The largest absolute Gasteiger partial charge is 0.512 e. The van der Waals surface area contributed by atoms with Gasteiger partial charge in [0.05, 0.1) is 53.4 Å². The third-order valence-corrected chi connectivity index (χ3v) is 21.5. The minimum atomic E-state index is -2.39. The Kier molecular flexibility index (Phi) is 27.2. The lowest BCUT2D eigenvalue weighted by molar-refractivity contribution is -0.341. The van der Waals surface area contributed by atoms with Crippen molar-refractivity contribution in [2.45, 2.75) is 180 Å². The number of carbonyl (C=O) groups is 8. The zero-order chi connectivity index (χ0) is 83.3. The van der Waals surface area contributed by atoms with Crippen LogP contribution in [0.2, 0.25) is 10.0 Å². The van der Waals surface area contributed by atoms with E-state index in [1.165, 1.54) is 26.1 Å². The molecule has 5 aromatic carbocycles. The number of rotatable bonds is 21. The number of unbranched alkanes of at least 4 members (excludes halogenated alkanes) is 1. The number of allylic oxidation sites excluding steroid dienone is 4. The molecule has 0 aromatic heterocycles. The van der Waals surface area contributed by atoms with Crippen molar-refractivity contribution >= 4 is 70.5 Å². The maximum absolute atomic E-state index is 16.3. The lowest BCUT2D eigenvalue weighted by Gasteiger charge is -2.51. The molecule has 5 aromatic rings. The molecule has 7 amide bonds. The van der Waals surface area contributed by atoms with E-state index in [-0.39, 0.29) is 46.4 Å². The van der Waals surface area contributed by atoms with E-state index in [0.29, 0.717) is 30.8 Å². The van der Waals surface area contributed by atoms with Gasteiger partial charge < -0.3 is 133 Å². The van der Waals surface area contributed by atoms with Crippen LogP contribution in [0, 0.1) is 5.92 Å². The predicted octanol–water partition coefficient (Wildman–Crippen LogP) is 1.37. The number of phenols is 2. The number of hydrogen-bond acceptors (Lipinski definition) is 27. The number of fused-ring (bicyclic) bond motifs is 15. The molecule has 0 saturated carbocycles. The van der Waals surface area contributed by atoms with Gasteiger partial charge in [0.25, 0.3) is 0 Å². The fraction of sp³-hybridized carbons (Fsp3) is 0.436. The molecule has 115 heavy (non-hydrogen) atoms. The van der Waals surface area contributed by atoms with E-state index in [1.807, 2.05) is 0 Å². The minimum absolute atomic E-state index is 0.0369. The van der Waals surface area contributed by atoms with Crippen molar-refractivity contribution < 1.29 is 128 Å². The first-order chi connectivity index (χ1) is 54.7. The molecule has 0 spiro atoms. The molecule has 11 bridgehead atoms. The van der Waals surface area contributed by atoms with Gasteiger partial charge in [0, 0.05) is 31.1 Å². The fourth-order valence-electron chi connectivity index (χ4n) is 14.8. The van der Waals surface area contributed by atoms with Gasteiger partial charge in [-0.05, 0) is 133 Å². The number of likely N-dealkylation sites (N-methyl/N-ethyl adjacent to an activating group) is 1. The Morgan fingerprint density at radius 2 is 1.37 bits per heavy atom. The summed E-state index contributed by atoms with van der Waals surface area (Å²) >= 11 is 14.4. The topological polar surface area (TPSA) is 557 Å². The number of carboxylic acid groups (broad SMARTS) is 1. The molecule has 2 saturated heterocycles. The first kappa shape index (κ1) is 85.8. The second-order valence-electron chi connectivity index (χ2n) is 29.3. The highest BCUT2D eigenvalue weighted by Crippen LogP contribution is 2.51. The number of nitrogens with one attached hydrogen (secondary N) is 8. The zero-order valence-electron chi connectivity index (χ0n) is 62.3. The Hall–Kier alpha value is -10.1. The van der Waals surface area contributed by atoms with E-state index in [2.05, 4.69) is 49.1 Å². The third kappa shape index (κ3) is 18.6. The molecule has 2 fully saturated rings. The van der Waals surface area contributed by atoms with Crippen LogP contribution < -0.4 is 62.5 Å². The fourth-order valence-corrected chi connectivity index (χ4v) is 15.3. The van der Waals surface area contributed by atoms with Crippen LogP contribution in [0.15, 0.2) is 121 Å². The standard InChI is InChI=1S/C78H91Cl2N9O26/c1-6-7-8-18-110-39-11-9-10-33(20-39)29-83-78(4)68(100)53(31-91)114-77(69(78)101)115-67-65(99)64(98)52(30-90)113-66(67)56-50-24-37-25-51(56)112-49-17-14-36(23-43(49)80)63(97)61-75(107)88-59(76(108)109)41-26-38(92)27-47(94)55(41)40-21-34(12-15-46(40)93)57(72(104)89-61)87-73(105)58(37)86-71(103)45(28-54(81)95)85-74(106)60(84-44(19-32(2)3)70(102)82-5)62(96)35-13-16-48(111-50)42(79)22-35/h6,9-17,20,22-27,32,40,44-45,52-53,57-69,77,83-84,90-94,96-101H,1,7-8,18-19,21,28-31H2,2-5H3,(H2,81,95)(H,82,102)(H,85,106)(H,86,103)(H,87,105)(H,88,107)(H,89,104)(H,108,109)/t40?,44-,45+,52-,53+,57-,58-,59-,60-,61+,62-,63-,64-,65+,66+,67-,68-,69-,77-,78+/m1/s1. The van der Waals surface area contributed by atoms with E-state index in [4.69, 9.17) is 57.4 Å². The number of carbonyl (C=O) groups excluding carboxylic acids is 7. The van der Waals surface area contributed by atoms with Crippen LogP contribution in [0.1, 0.15) is 128 Å². The van der Waals surface area contributed by atoms with Crippen LogP contribution in [0.25, 0.3) is 0 Å². The number of primary amides is 1. The molecule has 13 rings (SSSR count). The van der Waals surface area contributed by atoms with Gasteiger partial charge in [-0.1, -0.05) is 73.5 Å². The first-order valence-electron chi connectivity index (χ1n) is 36.8. The zero-order valence-corrected chi connectivity index (χ0v) is 63.9. The van der Waals surface area contributed by atoms with E-state index in [9.17, 15) is 75.7 Å². The quantitative estimate of drug-likeness (QED) is 0.0364. The van der Waals surface area contributed by atoms with Gasteiger partial charge >= 0.3 is 5.97 Å². The van der Waals surface area contributed by atoms with E-state index in [1.54, 1.807) is 44.2 Å². The van der Waals surface area contributed by atoms with Crippen molar-refractivity contribution in [1.29, 1.82) is 0 Å². The highest BCUT2D eigenvalue weighted by atomic mass is 35.5. The Labute approximate surface area is 667 Å². The Balaban J connectivity index is 1.15. The van der Waals surface area contributed by atoms with E-state index in [0.717, 1.165) is 60.7 Å². The summed E-state index contributed by atoms with van der Waals surface area (Å²) in [5.74, 6) is -16.3. The number of carboxylic acids is 1. The molecule has 20 atom stereocenters. The van der Waals surface area contributed by atoms with E-state index >= 15 is 24.0 Å². The van der Waals surface area contributed by atoms with Gasteiger partial charge in [0.2, 0.25) is 41.4 Å². The van der Waals surface area contributed by atoms with Gasteiger partial charge in [-0.15, -0.1) is 6.58 Å². The normalized spacial score (nSPS) is 29.3. The smallest absolute Gasteiger partial charge is 0.330 e. The Bertz CT molecular complexity index is 4610. The van der Waals surface area contributed by atoms with Crippen LogP contribution in [0.3, 0.4) is 0 Å². The summed E-state index contributed by atoms with van der Waals surface area (Å²) in [5, 5.41) is 161. The van der Waals surface area contributed by atoms with Gasteiger partial charge in [0.15, 0.2) is 12.3 Å². The van der Waals surface area contributed by atoms with Crippen LogP contribution in [-0.4, -0.2) is 220 Å². The number of aliphatic hydroxyl groups is 9. The summed E-state index contributed by atoms with van der Waals surface area (Å²) in [7, 11) is 1.32. The van der Waals surface area contributed by atoms with Crippen LogP contribution in [0.5, 0.6) is 40.2 Å². The first-order valence-corrected chi connectivity index (χ1v) is 37.6. The molecule has 7 heterocycles. The maximum atomic E-state index is 16.3. The highest BCUT2D eigenvalue weighted by Gasteiger charge is 2.57. The number of aliphatic carboxylic acids is 1. The molecular weight excluding hydrogens is 1550 g/mol. The van der Waals surface area contributed by atoms with Gasteiger partial charge in [-0.25, -0.2) is 4.79 Å². The van der Waals surface area contributed by atoms with Crippen molar-refractivity contribution in [3.8, 4) is 40.2 Å². The summed E-state index contributed by atoms with van der Waals surface area (Å²) in [5.41, 5.74) is 1.89. The van der Waals surface area contributed by atoms with Crippen molar-refractivity contribution in [3.63, 3.8) is 0 Å². The summed E-state index contributed by atoms with van der Waals surface area (Å²) in [6.45, 7) is 6.93. The number of aliphatic hydroxyl groups excluding tert-OH is 9. The van der Waals surface area contributed by atoms with Crippen molar-refractivity contribution in [2.75, 3.05) is 26.9 Å². The number of halogens is 2. The summed E-state index contributed by atoms with van der Waals surface area (Å²) in [4.78, 5) is 118. The molecule has 37 heteroatoms. The molecule has 35 nitrogen and oxygen atoms in total. The molecule has 8 aliphatic rings. The molecule has 22 N–H and O–H groups in total. The van der Waals surface area contributed by atoms with Crippen LogP contribution in [-0.2, 0) is 59.1 Å². The number of ether oxygens (including phenoxy) is 6. The third-order valence-electron chi connectivity index (χ3n) is 20.9. The summed E-state index contributed by atoms with van der Waals surface area (Å²) in [6, 6.07) is 3.03. The number of phenolic OH excluding ortho intramolecular Hbond substituents is 2. The molecule has 618 valence electrons. The number of nitrogens with two attached hydrogens (primary N) is 1. The average Bonchev–Trinajstić information content (AvgIpc) is 0.747. The van der Waals surface area contributed by atoms with Gasteiger partial charge in [-0.3, -0.25) is 38.9 Å². The maximum Gasteiger partial charge on any atom is 0.330 e. The van der Waals surface area contributed by atoms with Gasteiger partial charge in [-0.2, -0.15) is 0 Å². The Morgan fingerprint density at radius 1 is 0.722 bits per heavy atom. The van der Waals surface area contributed by atoms with Crippen molar-refractivity contribution in [1.82, 2.24) is 42.5 Å². The monoisotopic (exact) mass is 1640 g/mol. The second kappa shape index (κ2) is 36.4. The SMILES string of the molecule is C=CCCCOc1cccc(CN[C@]2(C)[C@H](O)[C@@H](O[C@@H]3[C@@H](O)[C@H](O)[C@@H](CO)O[C@H]3c3c4cc5cc3Oc3ccc(cc3Cl)[C@@H](O)[C@@H](N[C@H](CC(C)C)C(=O)NC)C(=O)N[C@@H](CC(N)=O)C(=O)N[C@H]5C(=O)N[C@H]3C(=O)N[C@H](C(=O)N[C@@H](C(=O)O)c5cc(O)cc(O)c5C5CC3=CC=C5O)[C@H](O)c3ccc(c(Cl)c3)O4)O[C@@H](CO)[C@H]2O)c1. The molecule has 0 radical (unpaired) electrons. The predicted molar refractivity (Wildman–Crippen MR) is 405 cm³/mol. The summed E-state index contributed by atoms with van der Waals surface area (Å²) in [6.07, 6.45) is -18.6. The highest BCUT2D eigenvalue weighted by molar-refractivity contribution is 6.32. The van der Waals surface area contributed by atoms with Gasteiger partial charge in [0.1, 0.15) is 137 Å². The molecule has 1 aliphatic carbocycles. The Morgan fingerprint density at radius 3 is 1.99 bits per heavy atom. The average molecular weight is 1640 g/mol. The number of aromatic hydroxyl groups is 2. The lowest BCUT2D eigenvalue weighted by atomic mass is 9.79. The van der Waals surface area contributed by atoms with Crippen molar-refractivity contribution in [3.05, 3.63) is 170 Å². The molecule has 7 aliphatic heterocycles. The number of hydrogen-bond donors (Lipinski definition) is 21.